The minimum Gasteiger partial charge on any atom is -0.377 e. The van der Waals surface area contributed by atoms with Crippen molar-refractivity contribution in [2.45, 2.75) is 38.3 Å². The Labute approximate surface area is 200 Å². The summed E-state index contributed by atoms with van der Waals surface area (Å²) in [7, 11) is 4.13. The summed E-state index contributed by atoms with van der Waals surface area (Å²) in [5.74, 6) is 1.42. The molecule has 174 valence electrons. The fourth-order valence-corrected chi connectivity index (χ4v) is 4.64. The summed E-state index contributed by atoms with van der Waals surface area (Å²) in [5, 5.41) is 11.4. The smallest absolute Gasteiger partial charge is 0.315 e. The molecule has 6 nitrogen and oxygen atoms in total. The summed E-state index contributed by atoms with van der Waals surface area (Å²) in [4.78, 5) is 19.1. The van der Waals surface area contributed by atoms with Gasteiger partial charge in [0.25, 0.3) is 0 Å². The molecule has 1 fully saturated rings. The highest BCUT2D eigenvalue weighted by Gasteiger charge is 2.22. The Morgan fingerprint density at radius 2 is 1.76 bits per heavy atom. The van der Waals surface area contributed by atoms with Crippen LogP contribution in [0.5, 0.6) is 0 Å². The van der Waals surface area contributed by atoms with Crippen LogP contribution in [0.3, 0.4) is 0 Å². The van der Waals surface area contributed by atoms with Gasteiger partial charge in [-0.3, -0.25) is 0 Å². The Balaban J connectivity index is 1.24. The molecule has 7 heteroatoms. The van der Waals surface area contributed by atoms with Crippen molar-refractivity contribution in [3.8, 4) is 0 Å². The van der Waals surface area contributed by atoms with Crippen LogP contribution in [0.15, 0.2) is 54.6 Å². The van der Waals surface area contributed by atoms with Crippen LogP contribution in [0.2, 0.25) is 5.02 Å². The molecule has 1 aliphatic rings. The largest absolute Gasteiger partial charge is 0.377 e. The Morgan fingerprint density at radius 1 is 1.03 bits per heavy atom. The van der Waals surface area contributed by atoms with Crippen molar-refractivity contribution in [3.05, 3.63) is 65.2 Å². The first-order valence-electron chi connectivity index (χ1n) is 11.6. The number of rotatable bonds is 7. The van der Waals surface area contributed by atoms with Crippen LogP contribution >= 0.6 is 11.6 Å². The molecule has 0 spiro atoms. The number of pyridine rings is 1. The van der Waals surface area contributed by atoms with Gasteiger partial charge in [0.2, 0.25) is 0 Å². The fourth-order valence-electron chi connectivity index (χ4n) is 4.44. The summed E-state index contributed by atoms with van der Waals surface area (Å²) < 4.78 is 0. The lowest BCUT2D eigenvalue weighted by Gasteiger charge is -2.30. The minimum atomic E-state index is -0.147. The number of carbonyl (C=O) groups excluding carboxylic acids is 1. The Bertz CT molecular complexity index is 1090. The number of carbonyl (C=O) groups is 1. The zero-order valence-electron chi connectivity index (χ0n) is 19.3. The van der Waals surface area contributed by atoms with Gasteiger partial charge in [0.05, 0.1) is 5.52 Å². The van der Waals surface area contributed by atoms with Crippen molar-refractivity contribution in [1.82, 2.24) is 15.6 Å². The molecule has 2 amide bonds. The molecular weight excluding hydrogens is 434 g/mol. The maximum absolute atomic E-state index is 12.2. The normalized spacial score (nSPS) is 18.0. The molecule has 1 aliphatic carbocycles. The molecule has 0 unspecified atom stereocenters. The monoisotopic (exact) mass is 465 g/mol. The first kappa shape index (κ1) is 23.2. The van der Waals surface area contributed by atoms with Crippen LogP contribution in [0.1, 0.15) is 31.2 Å². The summed E-state index contributed by atoms with van der Waals surface area (Å²) in [6.45, 7) is 1.12. The van der Waals surface area contributed by atoms with Crippen LogP contribution in [0, 0.1) is 5.92 Å². The van der Waals surface area contributed by atoms with Gasteiger partial charge in [0.1, 0.15) is 5.82 Å². The average Bonchev–Trinajstić information content (AvgIpc) is 2.82. The summed E-state index contributed by atoms with van der Waals surface area (Å²) >= 11 is 6.15. The maximum Gasteiger partial charge on any atom is 0.315 e. The van der Waals surface area contributed by atoms with Crippen LogP contribution < -0.4 is 20.9 Å². The fraction of sp³-hybridized carbons (Fsp3) is 0.385. The lowest BCUT2D eigenvalue weighted by atomic mass is 9.86. The van der Waals surface area contributed by atoms with Crippen LogP contribution in [-0.2, 0) is 6.54 Å². The second-order valence-electron chi connectivity index (χ2n) is 8.96. The van der Waals surface area contributed by atoms with E-state index < -0.39 is 0 Å². The maximum atomic E-state index is 12.2. The zero-order valence-corrected chi connectivity index (χ0v) is 20.0. The van der Waals surface area contributed by atoms with E-state index in [9.17, 15) is 4.79 Å². The van der Waals surface area contributed by atoms with Gasteiger partial charge in [-0.25, -0.2) is 9.78 Å². The topological polar surface area (TPSA) is 69.3 Å². The van der Waals surface area contributed by atoms with Crippen molar-refractivity contribution >= 4 is 40.0 Å². The second-order valence-corrected chi connectivity index (χ2v) is 9.36. The number of halogens is 1. The first-order chi connectivity index (χ1) is 16.0. The van der Waals surface area contributed by atoms with E-state index in [2.05, 4.69) is 59.2 Å². The molecule has 2 aromatic carbocycles. The summed E-state index contributed by atoms with van der Waals surface area (Å²) in [5.41, 5.74) is 3.09. The van der Waals surface area contributed by atoms with Crippen molar-refractivity contribution < 1.29 is 4.79 Å². The minimum absolute atomic E-state index is 0.147. The van der Waals surface area contributed by atoms with Crippen molar-refractivity contribution in [2.75, 3.05) is 30.9 Å². The number of aromatic nitrogens is 1. The van der Waals surface area contributed by atoms with Gasteiger partial charge < -0.3 is 20.9 Å². The number of urea groups is 1. The van der Waals surface area contributed by atoms with Crippen molar-refractivity contribution in [1.29, 1.82) is 0 Å². The Kier molecular flexibility index (Phi) is 7.55. The predicted molar refractivity (Wildman–Crippen MR) is 137 cm³/mol. The number of hydrogen-bond donors (Lipinski definition) is 3. The molecule has 0 bridgehead atoms. The van der Waals surface area contributed by atoms with Crippen LogP contribution in [0.25, 0.3) is 10.9 Å². The van der Waals surface area contributed by atoms with Gasteiger partial charge in [-0.05, 0) is 49.3 Å². The number of fused-ring (bicyclic) bond motifs is 1. The molecular formula is C26H32ClN5O. The van der Waals surface area contributed by atoms with Gasteiger partial charge >= 0.3 is 6.03 Å². The predicted octanol–water partition coefficient (Wildman–Crippen LogP) is 5.42. The summed E-state index contributed by atoms with van der Waals surface area (Å²) in [6, 6.07) is 18.2. The van der Waals surface area contributed by atoms with Gasteiger partial charge in [0, 0.05) is 55.4 Å². The number of benzene rings is 2. The van der Waals surface area contributed by atoms with E-state index in [1.807, 2.05) is 30.3 Å². The third-order valence-electron chi connectivity index (χ3n) is 6.32. The van der Waals surface area contributed by atoms with Crippen molar-refractivity contribution in [2.24, 2.45) is 5.92 Å². The lowest BCUT2D eigenvalue weighted by molar-refractivity contribution is 0.235. The molecule has 3 N–H and O–H groups in total. The molecule has 1 saturated carbocycles. The quantitative estimate of drug-likeness (QED) is 0.435. The number of hydrogen-bond acceptors (Lipinski definition) is 4. The van der Waals surface area contributed by atoms with E-state index >= 15 is 0 Å². The molecule has 4 rings (SSSR count). The number of amides is 2. The Morgan fingerprint density at radius 3 is 2.52 bits per heavy atom. The third kappa shape index (κ3) is 6.08. The molecule has 1 heterocycles. The van der Waals surface area contributed by atoms with Gasteiger partial charge in [-0.15, -0.1) is 0 Å². The highest BCUT2D eigenvalue weighted by molar-refractivity contribution is 6.31. The van der Waals surface area contributed by atoms with E-state index in [-0.39, 0.29) is 6.03 Å². The van der Waals surface area contributed by atoms with E-state index in [0.717, 1.165) is 48.0 Å². The molecule has 33 heavy (non-hydrogen) atoms. The van der Waals surface area contributed by atoms with E-state index in [1.54, 1.807) is 0 Å². The van der Waals surface area contributed by atoms with Crippen molar-refractivity contribution in [3.63, 3.8) is 0 Å². The molecule has 0 aliphatic heterocycles. The highest BCUT2D eigenvalue weighted by Crippen LogP contribution is 2.30. The second kappa shape index (κ2) is 10.8. The Hall–Kier alpha value is -2.99. The lowest BCUT2D eigenvalue weighted by Crippen LogP contribution is -2.39. The molecule has 0 atom stereocenters. The van der Waals surface area contributed by atoms with E-state index in [1.165, 1.54) is 5.69 Å². The number of nitrogens with one attached hydrogen (secondary N) is 3. The highest BCUT2D eigenvalue weighted by atomic mass is 35.5. The molecule has 0 saturated heterocycles. The van der Waals surface area contributed by atoms with Gasteiger partial charge in [0.15, 0.2) is 0 Å². The number of anilines is 2. The molecule has 0 radical (unpaired) electrons. The zero-order chi connectivity index (χ0) is 23.2. The molecule has 1 aromatic heterocycles. The van der Waals surface area contributed by atoms with Gasteiger partial charge in [-0.2, -0.15) is 0 Å². The first-order valence-corrected chi connectivity index (χ1v) is 12.0. The van der Waals surface area contributed by atoms with Gasteiger partial charge in [-0.1, -0.05) is 48.0 Å². The standard InChI is InChI=1S/C26H32ClN5O/c1-32(2)24-15-25(31-23-10-6-4-8-21(23)24)30-20-13-11-18(12-14-20)16-28-26(33)29-17-19-7-3-5-9-22(19)27/h3-10,15,18,20H,11-14,16-17H2,1-2H3,(H,30,31)(H2,28,29,33)/t18-,20+. The average molecular weight is 466 g/mol. The number of para-hydroxylation sites is 1. The van der Waals surface area contributed by atoms with Crippen LogP contribution in [-0.4, -0.2) is 37.7 Å². The third-order valence-corrected chi connectivity index (χ3v) is 6.69. The van der Waals surface area contributed by atoms with E-state index in [0.29, 0.717) is 30.1 Å². The van der Waals surface area contributed by atoms with E-state index in [4.69, 9.17) is 16.6 Å². The summed E-state index contributed by atoms with van der Waals surface area (Å²) in [6.07, 6.45) is 4.30. The van der Waals surface area contributed by atoms with Crippen LogP contribution in [0.4, 0.5) is 16.3 Å². The SMILES string of the molecule is CN(C)c1cc(N[C@H]2CC[C@@H](CNC(=O)NCc3ccccc3Cl)CC2)nc2ccccc12. The number of nitrogens with zero attached hydrogens (tertiary/aromatic N) is 2. The molecule has 3 aromatic rings.